The molecule has 0 radical (unpaired) electrons. The number of hydrogen-bond donors (Lipinski definition) is 0. The average Bonchev–Trinajstić information content (AvgIpc) is 3.51. The highest BCUT2D eigenvalue weighted by atomic mass is 15.2. The number of para-hydroxylation sites is 3. The summed E-state index contributed by atoms with van der Waals surface area (Å²) in [6.07, 6.45) is 3.83. The zero-order valence-corrected chi connectivity index (χ0v) is 20.5. The van der Waals surface area contributed by atoms with Crippen LogP contribution in [0.1, 0.15) is 0 Å². The quantitative estimate of drug-likeness (QED) is 0.252. The van der Waals surface area contributed by atoms with Crippen LogP contribution in [0.5, 0.6) is 0 Å². The van der Waals surface area contributed by atoms with Gasteiger partial charge >= 0.3 is 0 Å². The van der Waals surface area contributed by atoms with Gasteiger partial charge in [0.1, 0.15) is 0 Å². The molecule has 0 aliphatic rings. The summed E-state index contributed by atoms with van der Waals surface area (Å²) < 4.78 is 4.58. The summed E-state index contributed by atoms with van der Waals surface area (Å²) >= 11 is 0. The van der Waals surface area contributed by atoms with Gasteiger partial charge in [-0.3, -0.25) is 4.57 Å². The van der Waals surface area contributed by atoms with Crippen molar-refractivity contribution in [1.82, 2.24) is 19.1 Å². The Labute approximate surface area is 219 Å². The van der Waals surface area contributed by atoms with Crippen LogP contribution in [-0.4, -0.2) is 19.1 Å². The molecule has 8 rings (SSSR count). The Kier molecular flexibility index (Phi) is 4.49. The Morgan fingerprint density at radius 1 is 0.421 bits per heavy atom. The maximum Gasteiger partial charge on any atom is 0.234 e. The standard InChI is InChI=1S/C34H22N4/c1-3-11-23(12-4-1)24-21-35-34(36-22-24)38-30-18-10-8-16-28(30)32-31(38)20-19-27-26-15-7-9-17-29(26)37(33(27)32)25-13-5-2-6-14-25/h1-22H. The van der Waals surface area contributed by atoms with E-state index < -0.39 is 0 Å². The van der Waals surface area contributed by atoms with Gasteiger partial charge in [-0.15, -0.1) is 0 Å². The SMILES string of the molecule is c1ccc(-c2cnc(-n3c4ccccc4c4c3ccc3c5ccccc5n(-c5ccccc5)c34)nc2)cc1. The molecule has 0 N–H and O–H groups in total. The van der Waals surface area contributed by atoms with Gasteiger partial charge in [0.2, 0.25) is 5.95 Å². The largest absolute Gasteiger partial charge is 0.309 e. The van der Waals surface area contributed by atoms with Crippen LogP contribution in [0.25, 0.3) is 66.4 Å². The van der Waals surface area contributed by atoms with E-state index >= 15 is 0 Å². The molecule has 38 heavy (non-hydrogen) atoms. The van der Waals surface area contributed by atoms with E-state index in [0.717, 1.165) is 27.8 Å². The summed E-state index contributed by atoms with van der Waals surface area (Å²) in [6.45, 7) is 0. The normalized spacial score (nSPS) is 11.7. The highest BCUT2D eigenvalue weighted by Crippen LogP contribution is 2.41. The third-order valence-corrected chi connectivity index (χ3v) is 7.43. The van der Waals surface area contributed by atoms with Gasteiger partial charge in [-0.25, -0.2) is 9.97 Å². The molecule has 4 nitrogen and oxygen atoms in total. The molecule has 0 fully saturated rings. The molecule has 4 heteroatoms. The van der Waals surface area contributed by atoms with Crippen LogP contribution in [0, 0.1) is 0 Å². The first-order chi connectivity index (χ1) is 18.9. The minimum Gasteiger partial charge on any atom is -0.309 e. The molecule has 0 spiro atoms. The first-order valence-electron chi connectivity index (χ1n) is 12.8. The van der Waals surface area contributed by atoms with Crippen LogP contribution in [0.2, 0.25) is 0 Å². The van der Waals surface area contributed by atoms with Crippen molar-refractivity contribution in [2.24, 2.45) is 0 Å². The molecule has 0 amide bonds. The van der Waals surface area contributed by atoms with Gasteiger partial charge < -0.3 is 4.57 Å². The Bertz CT molecular complexity index is 2100. The van der Waals surface area contributed by atoms with Gasteiger partial charge in [-0.05, 0) is 35.9 Å². The Hall–Kier alpha value is -5.22. The molecule has 178 valence electrons. The maximum atomic E-state index is 4.85. The van der Waals surface area contributed by atoms with Gasteiger partial charge in [0.25, 0.3) is 0 Å². The molecule has 5 aromatic carbocycles. The minimum atomic E-state index is 0.664. The molecule has 3 aromatic heterocycles. The lowest BCUT2D eigenvalue weighted by atomic mass is 10.1. The van der Waals surface area contributed by atoms with E-state index in [4.69, 9.17) is 9.97 Å². The smallest absolute Gasteiger partial charge is 0.234 e. The molecule has 3 heterocycles. The first kappa shape index (κ1) is 20.9. The second-order valence-corrected chi connectivity index (χ2v) is 9.53. The Balaban J connectivity index is 1.48. The molecule has 0 atom stereocenters. The van der Waals surface area contributed by atoms with Crippen LogP contribution in [-0.2, 0) is 0 Å². The molecule has 0 aliphatic heterocycles. The predicted molar refractivity (Wildman–Crippen MR) is 156 cm³/mol. The molecule has 0 saturated carbocycles. The topological polar surface area (TPSA) is 35.6 Å². The van der Waals surface area contributed by atoms with Crippen molar-refractivity contribution in [3.05, 3.63) is 134 Å². The fraction of sp³-hybridized carbons (Fsp3) is 0. The summed E-state index contributed by atoms with van der Waals surface area (Å²) in [4.78, 5) is 9.69. The fourth-order valence-corrected chi connectivity index (χ4v) is 5.79. The summed E-state index contributed by atoms with van der Waals surface area (Å²) in [5, 5.41) is 4.87. The molecule has 0 unspecified atom stereocenters. The summed E-state index contributed by atoms with van der Waals surface area (Å²) in [5.74, 6) is 0.664. The van der Waals surface area contributed by atoms with Crippen LogP contribution >= 0.6 is 0 Å². The molecule has 0 aliphatic carbocycles. The van der Waals surface area contributed by atoms with Crippen molar-refractivity contribution in [3.63, 3.8) is 0 Å². The van der Waals surface area contributed by atoms with Gasteiger partial charge in [0.15, 0.2) is 0 Å². The molecular weight excluding hydrogens is 464 g/mol. The van der Waals surface area contributed by atoms with Gasteiger partial charge in [0, 0.05) is 45.2 Å². The summed E-state index contributed by atoms with van der Waals surface area (Å²) in [6, 6.07) is 42.5. The Morgan fingerprint density at radius 2 is 1.03 bits per heavy atom. The van der Waals surface area contributed by atoms with Crippen molar-refractivity contribution in [1.29, 1.82) is 0 Å². The Morgan fingerprint density at radius 3 is 1.76 bits per heavy atom. The van der Waals surface area contributed by atoms with E-state index in [1.54, 1.807) is 0 Å². The zero-order chi connectivity index (χ0) is 25.1. The van der Waals surface area contributed by atoms with Gasteiger partial charge in [-0.1, -0.05) is 91.0 Å². The fourth-order valence-electron chi connectivity index (χ4n) is 5.79. The average molecular weight is 487 g/mol. The van der Waals surface area contributed by atoms with Crippen LogP contribution in [0.3, 0.4) is 0 Å². The number of nitrogens with zero attached hydrogens (tertiary/aromatic N) is 4. The van der Waals surface area contributed by atoms with Crippen LogP contribution in [0.4, 0.5) is 0 Å². The monoisotopic (exact) mass is 486 g/mol. The van der Waals surface area contributed by atoms with Crippen molar-refractivity contribution >= 4 is 43.6 Å². The third kappa shape index (κ3) is 2.98. The molecule has 0 bridgehead atoms. The van der Waals surface area contributed by atoms with E-state index in [1.165, 1.54) is 32.6 Å². The van der Waals surface area contributed by atoms with E-state index in [0.29, 0.717) is 5.95 Å². The second kappa shape index (κ2) is 8.15. The summed E-state index contributed by atoms with van der Waals surface area (Å²) in [7, 11) is 0. The van der Waals surface area contributed by atoms with Crippen LogP contribution in [0.15, 0.2) is 134 Å². The lowest BCUT2D eigenvalue weighted by Crippen LogP contribution is -2.00. The van der Waals surface area contributed by atoms with E-state index in [1.807, 2.05) is 30.6 Å². The number of rotatable bonds is 3. The number of benzene rings is 5. The van der Waals surface area contributed by atoms with Crippen molar-refractivity contribution in [2.45, 2.75) is 0 Å². The first-order valence-corrected chi connectivity index (χ1v) is 12.8. The van der Waals surface area contributed by atoms with E-state index in [9.17, 15) is 0 Å². The van der Waals surface area contributed by atoms with Crippen molar-refractivity contribution in [3.8, 4) is 22.8 Å². The van der Waals surface area contributed by atoms with Crippen molar-refractivity contribution < 1.29 is 0 Å². The highest BCUT2D eigenvalue weighted by Gasteiger charge is 2.21. The third-order valence-electron chi connectivity index (χ3n) is 7.43. The number of fused-ring (bicyclic) bond motifs is 7. The highest BCUT2D eigenvalue weighted by molar-refractivity contribution is 6.26. The number of hydrogen-bond acceptors (Lipinski definition) is 2. The van der Waals surface area contributed by atoms with E-state index in [2.05, 4.69) is 112 Å². The predicted octanol–water partition coefficient (Wildman–Crippen LogP) is 8.34. The maximum absolute atomic E-state index is 4.85. The number of aromatic nitrogens is 4. The lowest BCUT2D eigenvalue weighted by Gasteiger charge is -2.09. The molecule has 0 saturated heterocycles. The summed E-state index contributed by atoms with van der Waals surface area (Å²) in [5.41, 5.74) is 7.83. The second-order valence-electron chi connectivity index (χ2n) is 9.53. The molecule has 8 aromatic rings. The zero-order valence-electron chi connectivity index (χ0n) is 20.5. The molecular formula is C34H22N4. The minimum absolute atomic E-state index is 0.664. The van der Waals surface area contributed by atoms with Crippen LogP contribution < -0.4 is 0 Å². The van der Waals surface area contributed by atoms with Gasteiger partial charge in [0.05, 0.1) is 22.1 Å². The van der Waals surface area contributed by atoms with Gasteiger partial charge in [-0.2, -0.15) is 0 Å². The van der Waals surface area contributed by atoms with E-state index in [-0.39, 0.29) is 0 Å². The van der Waals surface area contributed by atoms with Crippen molar-refractivity contribution in [2.75, 3.05) is 0 Å². The lowest BCUT2D eigenvalue weighted by molar-refractivity contribution is 0.990.